The van der Waals surface area contributed by atoms with Crippen LogP contribution >= 0.6 is 15.9 Å². The Bertz CT molecular complexity index is 487. The van der Waals surface area contributed by atoms with Crippen LogP contribution in [0, 0.1) is 6.92 Å². The molecule has 0 fully saturated rings. The number of nitrogens with zero attached hydrogens (tertiary/aromatic N) is 1. The van der Waals surface area contributed by atoms with Gasteiger partial charge in [-0.3, -0.25) is 9.59 Å². The molecule has 0 heterocycles. The molecule has 6 nitrogen and oxygen atoms in total. The number of nitrogens with one attached hydrogen (secondary N) is 1. The number of anilines is 1. The average molecular weight is 345 g/mol. The van der Waals surface area contributed by atoms with E-state index in [-0.39, 0.29) is 26.3 Å². The first kappa shape index (κ1) is 16.6. The normalized spacial score (nSPS) is 10.2. The number of carbonyl (C=O) groups is 2. The molecule has 0 unspecified atom stereocenters. The van der Waals surface area contributed by atoms with Crippen LogP contribution in [-0.2, 0) is 9.59 Å². The zero-order valence-electron chi connectivity index (χ0n) is 11.1. The number of rotatable bonds is 5. The van der Waals surface area contributed by atoms with Gasteiger partial charge in [0.25, 0.3) is 0 Å². The van der Waals surface area contributed by atoms with E-state index in [4.69, 9.17) is 10.2 Å². The Labute approximate surface area is 125 Å². The van der Waals surface area contributed by atoms with Crippen LogP contribution in [0.15, 0.2) is 22.7 Å². The van der Waals surface area contributed by atoms with Crippen LogP contribution in [0.3, 0.4) is 0 Å². The Morgan fingerprint density at radius 1 is 1.25 bits per heavy atom. The van der Waals surface area contributed by atoms with Crippen LogP contribution in [0.5, 0.6) is 0 Å². The molecule has 0 bridgehead atoms. The van der Waals surface area contributed by atoms with Crippen LogP contribution < -0.4 is 5.32 Å². The minimum atomic E-state index is -0.809. The molecule has 0 radical (unpaired) electrons. The van der Waals surface area contributed by atoms with E-state index >= 15 is 0 Å². The molecule has 0 saturated heterocycles. The lowest BCUT2D eigenvalue weighted by Gasteiger charge is -2.20. The number of aliphatic hydroxyl groups is 2. The first-order valence-electron chi connectivity index (χ1n) is 6.07. The van der Waals surface area contributed by atoms with Crippen molar-refractivity contribution in [2.45, 2.75) is 6.92 Å². The number of hydrogen-bond donors (Lipinski definition) is 3. The standard InChI is InChI=1S/C13H17BrN2O4/c1-9-2-3-11(10(14)8-9)15-12(19)13(20)16(4-6-17)5-7-18/h2-3,8,17-18H,4-7H2,1H3,(H,15,19). The van der Waals surface area contributed by atoms with E-state index in [0.29, 0.717) is 10.2 Å². The smallest absolute Gasteiger partial charge is 0.313 e. The summed E-state index contributed by atoms with van der Waals surface area (Å²) in [5.74, 6) is -1.60. The van der Waals surface area contributed by atoms with Crippen LogP contribution in [0.25, 0.3) is 0 Å². The molecule has 110 valence electrons. The van der Waals surface area contributed by atoms with Gasteiger partial charge < -0.3 is 20.4 Å². The maximum Gasteiger partial charge on any atom is 0.313 e. The molecule has 3 N–H and O–H groups in total. The van der Waals surface area contributed by atoms with Gasteiger partial charge in [0.2, 0.25) is 0 Å². The van der Waals surface area contributed by atoms with E-state index in [0.717, 1.165) is 10.5 Å². The molecule has 0 atom stereocenters. The van der Waals surface area contributed by atoms with Crippen molar-refractivity contribution in [2.75, 3.05) is 31.6 Å². The molecule has 2 amide bonds. The van der Waals surface area contributed by atoms with Crippen molar-refractivity contribution in [3.63, 3.8) is 0 Å². The Balaban J connectivity index is 2.76. The predicted octanol–water partition coefficient (Wildman–Crippen LogP) is 0.509. The van der Waals surface area contributed by atoms with Gasteiger partial charge in [-0.05, 0) is 40.5 Å². The minimum absolute atomic E-state index is 0.00187. The van der Waals surface area contributed by atoms with E-state index in [1.54, 1.807) is 6.07 Å². The molecular weight excluding hydrogens is 328 g/mol. The van der Waals surface area contributed by atoms with Gasteiger partial charge in [0.15, 0.2) is 0 Å². The molecule has 0 aliphatic rings. The highest BCUT2D eigenvalue weighted by atomic mass is 79.9. The van der Waals surface area contributed by atoms with Crippen molar-refractivity contribution in [1.82, 2.24) is 4.90 Å². The Kier molecular flexibility index (Phi) is 6.63. The van der Waals surface area contributed by atoms with Crippen LogP contribution in [0.2, 0.25) is 0 Å². The highest BCUT2D eigenvalue weighted by molar-refractivity contribution is 9.10. The summed E-state index contributed by atoms with van der Waals surface area (Å²) in [4.78, 5) is 24.8. The molecule has 1 aromatic carbocycles. The summed E-state index contributed by atoms with van der Waals surface area (Å²) in [7, 11) is 0. The molecule has 1 aromatic rings. The van der Waals surface area contributed by atoms with Gasteiger partial charge in [0.1, 0.15) is 0 Å². The highest BCUT2D eigenvalue weighted by Gasteiger charge is 2.21. The Morgan fingerprint density at radius 3 is 2.35 bits per heavy atom. The van der Waals surface area contributed by atoms with Crippen LogP contribution in [-0.4, -0.2) is 53.2 Å². The lowest BCUT2D eigenvalue weighted by atomic mass is 10.2. The fourth-order valence-electron chi connectivity index (χ4n) is 1.60. The summed E-state index contributed by atoms with van der Waals surface area (Å²) in [5, 5.41) is 20.2. The maximum atomic E-state index is 11.9. The third-order valence-electron chi connectivity index (χ3n) is 2.59. The average Bonchev–Trinajstić information content (AvgIpc) is 2.40. The summed E-state index contributed by atoms with van der Waals surface area (Å²) in [6.45, 7) is 1.37. The van der Waals surface area contributed by atoms with Gasteiger partial charge in [-0.2, -0.15) is 0 Å². The van der Waals surface area contributed by atoms with Crippen LogP contribution in [0.1, 0.15) is 5.56 Å². The number of aryl methyl sites for hydroxylation is 1. The quantitative estimate of drug-likeness (QED) is 0.679. The van der Waals surface area contributed by atoms with Gasteiger partial charge in [-0.25, -0.2) is 0 Å². The van der Waals surface area contributed by atoms with Gasteiger partial charge >= 0.3 is 11.8 Å². The Hall–Kier alpha value is -1.44. The molecule has 20 heavy (non-hydrogen) atoms. The summed E-state index contributed by atoms with van der Waals surface area (Å²) in [6, 6.07) is 5.32. The van der Waals surface area contributed by atoms with Crippen molar-refractivity contribution in [2.24, 2.45) is 0 Å². The molecule has 1 rings (SSSR count). The number of hydrogen-bond acceptors (Lipinski definition) is 4. The Morgan fingerprint density at radius 2 is 1.85 bits per heavy atom. The minimum Gasteiger partial charge on any atom is -0.395 e. The molecule has 0 saturated carbocycles. The van der Waals surface area contributed by atoms with Crippen molar-refractivity contribution < 1.29 is 19.8 Å². The van der Waals surface area contributed by atoms with E-state index in [1.165, 1.54) is 0 Å². The van der Waals surface area contributed by atoms with Crippen LogP contribution in [0.4, 0.5) is 5.69 Å². The summed E-state index contributed by atoms with van der Waals surface area (Å²) >= 11 is 3.30. The van der Waals surface area contributed by atoms with E-state index in [2.05, 4.69) is 21.2 Å². The number of carbonyl (C=O) groups excluding carboxylic acids is 2. The molecule has 0 aliphatic carbocycles. The monoisotopic (exact) mass is 344 g/mol. The van der Waals surface area contributed by atoms with Crippen molar-refractivity contribution in [1.29, 1.82) is 0 Å². The SMILES string of the molecule is Cc1ccc(NC(=O)C(=O)N(CCO)CCO)c(Br)c1. The van der Waals surface area contributed by atoms with E-state index in [1.807, 2.05) is 19.1 Å². The number of benzene rings is 1. The van der Waals surface area contributed by atoms with Crippen molar-refractivity contribution in [3.8, 4) is 0 Å². The van der Waals surface area contributed by atoms with Gasteiger partial charge in [0, 0.05) is 17.6 Å². The number of amides is 2. The topological polar surface area (TPSA) is 89.9 Å². The summed E-state index contributed by atoms with van der Waals surface area (Å²) in [6.07, 6.45) is 0. The lowest BCUT2D eigenvalue weighted by Crippen LogP contribution is -2.42. The third-order valence-corrected chi connectivity index (χ3v) is 3.25. The zero-order valence-corrected chi connectivity index (χ0v) is 12.7. The van der Waals surface area contributed by atoms with Gasteiger partial charge in [-0.15, -0.1) is 0 Å². The largest absolute Gasteiger partial charge is 0.395 e. The lowest BCUT2D eigenvalue weighted by molar-refractivity contribution is -0.143. The number of aliphatic hydroxyl groups excluding tert-OH is 2. The summed E-state index contributed by atoms with van der Waals surface area (Å²) in [5.41, 5.74) is 1.50. The van der Waals surface area contributed by atoms with Gasteiger partial charge in [0.05, 0.1) is 18.9 Å². The fourth-order valence-corrected chi connectivity index (χ4v) is 2.19. The highest BCUT2D eigenvalue weighted by Crippen LogP contribution is 2.23. The first-order valence-corrected chi connectivity index (χ1v) is 6.87. The zero-order chi connectivity index (χ0) is 15.1. The fraction of sp³-hybridized carbons (Fsp3) is 0.385. The van der Waals surface area contributed by atoms with Gasteiger partial charge in [-0.1, -0.05) is 6.07 Å². The molecule has 7 heteroatoms. The molecular formula is C13H17BrN2O4. The first-order chi connectivity index (χ1) is 9.49. The number of halogens is 1. The molecule has 0 aromatic heterocycles. The van der Waals surface area contributed by atoms with E-state index < -0.39 is 11.8 Å². The second kappa shape index (κ2) is 7.98. The maximum absolute atomic E-state index is 11.9. The van der Waals surface area contributed by atoms with E-state index in [9.17, 15) is 9.59 Å². The predicted molar refractivity (Wildman–Crippen MR) is 78.3 cm³/mol. The van der Waals surface area contributed by atoms with Crippen molar-refractivity contribution in [3.05, 3.63) is 28.2 Å². The summed E-state index contributed by atoms with van der Waals surface area (Å²) < 4.78 is 0.675. The second-order valence-electron chi connectivity index (χ2n) is 4.18. The van der Waals surface area contributed by atoms with Crippen molar-refractivity contribution >= 4 is 33.4 Å². The molecule has 0 aliphatic heterocycles. The second-order valence-corrected chi connectivity index (χ2v) is 5.03. The molecule has 0 spiro atoms. The third kappa shape index (κ3) is 4.59.